The van der Waals surface area contributed by atoms with Gasteiger partial charge in [0.15, 0.2) is 0 Å². The predicted octanol–water partition coefficient (Wildman–Crippen LogP) is 10.6. The summed E-state index contributed by atoms with van der Waals surface area (Å²) < 4.78 is 13.2. The molecule has 0 atom stereocenters. The number of fused-ring (bicyclic) bond motifs is 2. The highest BCUT2D eigenvalue weighted by Crippen LogP contribution is 2.49. The van der Waals surface area contributed by atoms with E-state index >= 15 is 0 Å². The molecule has 6 N–H and O–H groups in total. The van der Waals surface area contributed by atoms with Crippen LogP contribution in [0.5, 0.6) is 34.5 Å². The van der Waals surface area contributed by atoms with Crippen molar-refractivity contribution in [2.75, 3.05) is 11.5 Å². The lowest BCUT2D eigenvalue weighted by atomic mass is 9.89. The van der Waals surface area contributed by atoms with E-state index in [9.17, 15) is 10.2 Å². The Balaban J connectivity index is 1.42. The molecule has 0 aliphatic carbocycles. The standard InChI is InChI=1S/C48H32N2O4/c49-41-25-21-35(29-43(41)51)53-45-27-23-37-33(19-17-31-9-3-1-4-10-31)13-7-15-39(37)47(45)48-40-16-8-14-34(20-18-32-11-5-2-6-12-32)38(40)24-28-46(48)54-36-22-26-42(50)44(52)30-36/h1-16,21-30,51-52H,49-50H2. The number of benzene rings is 8. The third-order valence-corrected chi connectivity index (χ3v) is 8.99. The quantitative estimate of drug-likeness (QED) is 0.0808. The molecule has 0 saturated carbocycles. The van der Waals surface area contributed by atoms with E-state index in [0.29, 0.717) is 23.0 Å². The summed E-state index contributed by atoms with van der Waals surface area (Å²) in [5.41, 5.74) is 17.3. The lowest BCUT2D eigenvalue weighted by Gasteiger charge is -2.20. The summed E-state index contributed by atoms with van der Waals surface area (Å²) in [6.45, 7) is 0. The van der Waals surface area contributed by atoms with Gasteiger partial charge < -0.3 is 31.2 Å². The molecular weight excluding hydrogens is 669 g/mol. The molecule has 0 heterocycles. The van der Waals surface area contributed by atoms with Crippen LogP contribution >= 0.6 is 0 Å². The first-order chi connectivity index (χ1) is 26.4. The highest BCUT2D eigenvalue weighted by molar-refractivity contribution is 6.12. The molecule has 258 valence electrons. The summed E-state index contributed by atoms with van der Waals surface area (Å²) in [7, 11) is 0. The van der Waals surface area contributed by atoms with Gasteiger partial charge >= 0.3 is 0 Å². The van der Waals surface area contributed by atoms with Gasteiger partial charge in [0.25, 0.3) is 0 Å². The maximum atomic E-state index is 10.5. The largest absolute Gasteiger partial charge is 0.506 e. The molecule has 0 bridgehead atoms. The fourth-order valence-electron chi connectivity index (χ4n) is 6.33. The van der Waals surface area contributed by atoms with Crippen molar-refractivity contribution in [1.29, 1.82) is 0 Å². The molecule has 6 nitrogen and oxygen atoms in total. The Hall–Kier alpha value is -7.80. The van der Waals surface area contributed by atoms with Crippen LogP contribution in [0.4, 0.5) is 11.4 Å². The maximum absolute atomic E-state index is 10.5. The van der Waals surface area contributed by atoms with Crippen LogP contribution in [0.3, 0.4) is 0 Å². The maximum Gasteiger partial charge on any atom is 0.142 e. The summed E-state index contributed by atoms with van der Waals surface area (Å²) >= 11 is 0. The Morgan fingerprint density at radius 2 is 0.815 bits per heavy atom. The summed E-state index contributed by atoms with van der Waals surface area (Å²) in [5.74, 6) is 15.0. The third kappa shape index (κ3) is 6.79. The number of aromatic hydroxyl groups is 2. The highest BCUT2D eigenvalue weighted by atomic mass is 16.5. The monoisotopic (exact) mass is 700 g/mol. The third-order valence-electron chi connectivity index (χ3n) is 8.99. The highest BCUT2D eigenvalue weighted by Gasteiger charge is 2.22. The van der Waals surface area contributed by atoms with Crippen molar-refractivity contribution < 1.29 is 19.7 Å². The average molecular weight is 701 g/mol. The first-order valence-electron chi connectivity index (χ1n) is 17.2. The molecule has 0 fully saturated rings. The molecule has 6 heteroatoms. The molecule has 0 radical (unpaired) electrons. The molecule has 0 amide bonds. The first kappa shape index (κ1) is 33.3. The molecule has 0 aliphatic rings. The van der Waals surface area contributed by atoms with Crippen molar-refractivity contribution in [2.24, 2.45) is 0 Å². The van der Waals surface area contributed by atoms with E-state index < -0.39 is 0 Å². The molecule has 54 heavy (non-hydrogen) atoms. The summed E-state index contributed by atoms with van der Waals surface area (Å²) in [6.07, 6.45) is 0. The van der Waals surface area contributed by atoms with Crippen molar-refractivity contribution in [2.45, 2.75) is 0 Å². The van der Waals surface area contributed by atoms with Gasteiger partial charge in [-0.1, -0.05) is 84.3 Å². The summed E-state index contributed by atoms with van der Waals surface area (Å²) in [4.78, 5) is 0. The van der Waals surface area contributed by atoms with Crippen molar-refractivity contribution in [1.82, 2.24) is 0 Å². The summed E-state index contributed by atoms with van der Waals surface area (Å²) in [5, 5.41) is 24.5. The molecule has 8 aromatic carbocycles. The van der Waals surface area contributed by atoms with E-state index in [0.717, 1.165) is 54.9 Å². The number of hydrogen-bond donors (Lipinski definition) is 4. The van der Waals surface area contributed by atoms with Crippen molar-refractivity contribution in [3.8, 4) is 69.3 Å². The number of phenolic OH excluding ortho intramolecular Hbond substituents is 2. The van der Waals surface area contributed by atoms with Gasteiger partial charge in [-0.2, -0.15) is 0 Å². The number of nitrogens with two attached hydrogens (primary N) is 2. The molecule has 0 aliphatic heterocycles. The number of phenols is 2. The Labute approximate surface area is 312 Å². The Bertz CT molecular complexity index is 2630. The fraction of sp³-hybridized carbons (Fsp3) is 0. The van der Waals surface area contributed by atoms with Gasteiger partial charge in [0.05, 0.1) is 11.4 Å². The SMILES string of the molecule is Nc1ccc(Oc2ccc3c(C#Cc4ccccc4)cccc3c2-c2c(Oc3ccc(N)c(O)c3)ccc3c(C#Cc4ccccc4)cccc23)cc1O. The van der Waals surface area contributed by atoms with Crippen LogP contribution < -0.4 is 20.9 Å². The van der Waals surface area contributed by atoms with Crippen LogP contribution in [-0.4, -0.2) is 10.2 Å². The number of ether oxygens (including phenoxy) is 2. The smallest absolute Gasteiger partial charge is 0.142 e. The van der Waals surface area contributed by atoms with Crippen LogP contribution in [0.25, 0.3) is 32.7 Å². The van der Waals surface area contributed by atoms with Crippen molar-refractivity contribution >= 4 is 32.9 Å². The van der Waals surface area contributed by atoms with Gasteiger partial charge in [-0.3, -0.25) is 0 Å². The number of nitrogen functional groups attached to an aromatic ring is 2. The van der Waals surface area contributed by atoms with E-state index in [1.54, 1.807) is 24.3 Å². The average Bonchev–Trinajstić information content (AvgIpc) is 3.20. The minimum Gasteiger partial charge on any atom is -0.506 e. The molecule has 8 aromatic rings. The Morgan fingerprint density at radius 1 is 0.389 bits per heavy atom. The van der Waals surface area contributed by atoms with E-state index in [4.69, 9.17) is 20.9 Å². The van der Waals surface area contributed by atoms with E-state index in [1.807, 2.05) is 121 Å². The minimum atomic E-state index is -0.0905. The number of anilines is 2. The minimum absolute atomic E-state index is 0.0905. The molecule has 0 saturated heterocycles. The zero-order valence-corrected chi connectivity index (χ0v) is 28.9. The molecular formula is C48H32N2O4. The van der Waals surface area contributed by atoms with Crippen molar-refractivity contribution in [3.63, 3.8) is 0 Å². The Morgan fingerprint density at radius 3 is 1.22 bits per heavy atom. The molecule has 0 unspecified atom stereocenters. The zero-order valence-electron chi connectivity index (χ0n) is 28.9. The van der Waals surface area contributed by atoms with Crippen LogP contribution in [0.2, 0.25) is 0 Å². The van der Waals surface area contributed by atoms with Gasteiger partial charge in [0.2, 0.25) is 0 Å². The van der Waals surface area contributed by atoms with Gasteiger partial charge in [-0.15, -0.1) is 0 Å². The van der Waals surface area contributed by atoms with Gasteiger partial charge in [-0.05, 0) is 106 Å². The van der Waals surface area contributed by atoms with E-state index in [1.165, 1.54) is 12.1 Å². The van der Waals surface area contributed by atoms with Crippen LogP contribution in [0.15, 0.2) is 158 Å². The predicted molar refractivity (Wildman–Crippen MR) is 217 cm³/mol. The lowest BCUT2D eigenvalue weighted by Crippen LogP contribution is -1.97. The van der Waals surface area contributed by atoms with Gasteiger partial charge in [0.1, 0.15) is 34.5 Å². The summed E-state index contributed by atoms with van der Waals surface area (Å²) in [6, 6.07) is 49.0. The second kappa shape index (κ2) is 14.4. The first-order valence-corrected chi connectivity index (χ1v) is 17.2. The normalized spacial score (nSPS) is 10.6. The van der Waals surface area contributed by atoms with E-state index in [2.05, 4.69) is 23.7 Å². The van der Waals surface area contributed by atoms with Crippen molar-refractivity contribution in [3.05, 3.63) is 180 Å². The second-order valence-corrected chi connectivity index (χ2v) is 12.6. The molecule has 0 spiro atoms. The lowest BCUT2D eigenvalue weighted by molar-refractivity contribution is 0.454. The second-order valence-electron chi connectivity index (χ2n) is 12.6. The van der Waals surface area contributed by atoms with Gasteiger partial charge in [0, 0.05) is 45.5 Å². The van der Waals surface area contributed by atoms with Crippen LogP contribution in [-0.2, 0) is 0 Å². The fourth-order valence-corrected chi connectivity index (χ4v) is 6.33. The zero-order chi connectivity index (χ0) is 37.0. The van der Waals surface area contributed by atoms with Crippen LogP contribution in [0.1, 0.15) is 22.3 Å². The Kier molecular flexibility index (Phi) is 8.92. The number of rotatable bonds is 5. The van der Waals surface area contributed by atoms with Gasteiger partial charge in [-0.25, -0.2) is 0 Å². The molecule has 0 aromatic heterocycles. The number of hydrogen-bond acceptors (Lipinski definition) is 6. The van der Waals surface area contributed by atoms with Crippen LogP contribution in [0, 0.1) is 23.7 Å². The topological polar surface area (TPSA) is 111 Å². The molecule has 8 rings (SSSR count). The van der Waals surface area contributed by atoms with E-state index in [-0.39, 0.29) is 22.9 Å².